The number of methoxy groups -OCH3 is 1. The summed E-state index contributed by atoms with van der Waals surface area (Å²) in [5.74, 6) is -0.129. The molecule has 0 aliphatic rings. The van der Waals surface area contributed by atoms with Crippen LogP contribution in [-0.2, 0) is 16.1 Å². The minimum atomic E-state index is -0.111. The lowest BCUT2D eigenvalue weighted by molar-refractivity contribution is -0.146. The molecule has 0 spiro atoms. The van der Waals surface area contributed by atoms with Gasteiger partial charge in [0.15, 0.2) is 0 Å². The Kier molecular flexibility index (Phi) is 5.49. The molecule has 1 aromatic rings. The van der Waals surface area contributed by atoms with E-state index in [1.807, 2.05) is 20.0 Å². The monoisotopic (exact) mass is 241 g/mol. The van der Waals surface area contributed by atoms with Gasteiger partial charge in [0.25, 0.3) is 0 Å². The first-order chi connectivity index (χ1) is 7.67. The van der Waals surface area contributed by atoms with Crippen molar-refractivity contribution in [3.63, 3.8) is 0 Å². The maximum absolute atomic E-state index is 11.4. The van der Waals surface area contributed by atoms with E-state index in [0.717, 1.165) is 19.5 Å². The molecule has 0 aromatic carbocycles. The second-order valence-corrected chi connectivity index (χ2v) is 4.94. The highest BCUT2D eigenvalue weighted by molar-refractivity contribution is 7.09. The topological polar surface area (TPSA) is 29.5 Å². The van der Waals surface area contributed by atoms with E-state index >= 15 is 0 Å². The van der Waals surface area contributed by atoms with Crippen LogP contribution in [0, 0.1) is 5.92 Å². The average Bonchev–Trinajstić information content (AvgIpc) is 2.77. The maximum Gasteiger partial charge on any atom is 0.309 e. The molecular weight excluding hydrogens is 222 g/mol. The number of esters is 1. The number of carbonyl (C=O) groups excluding carboxylic acids is 1. The molecule has 1 heterocycles. The number of hydrogen-bond acceptors (Lipinski definition) is 4. The standard InChI is InChI=1S/C12H19NO2S/c1-4-10(12(14)15-3)8-13(2)9-11-6-5-7-16-11/h5-7,10H,4,8-9H2,1-3H3. The van der Waals surface area contributed by atoms with Crippen molar-refractivity contribution in [1.29, 1.82) is 0 Å². The number of ether oxygens (including phenoxy) is 1. The number of nitrogens with zero attached hydrogens (tertiary/aromatic N) is 1. The van der Waals surface area contributed by atoms with Crippen molar-refractivity contribution in [2.24, 2.45) is 5.92 Å². The third-order valence-electron chi connectivity index (χ3n) is 2.57. The minimum Gasteiger partial charge on any atom is -0.469 e. The number of carbonyl (C=O) groups is 1. The summed E-state index contributed by atoms with van der Waals surface area (Å²) < 4.78 is 4.78. The van der Waals surface area contributed by atoms with Gasteiger partial charge in [-0.25, -0.2) is 0 Å². The van der Waals surface area contributed by atoms with Crippen LogP contribution in [0.25, 0.3) is 0 Å². The summed E-state index contributed by atoms with van der Waals surface area (Å²) in [6.07, 6.45) is 0.821. The molecule has 0 radical (unpaired) electrons. The number of thiophene rings is 1. The van der Waals surface area contributed by atoms with E-state index in [4.69, 9.17) is 4.74 Å². The van der Waals surface area contributed by atoms with E-state index in [0.29, 0.717) is 0 Å². The van der Waals surface area contributed by atoms with E-state index in [1.165, 1.54) is 12.0 Å². The molecule has 3 nitrogen and oxygen atoms in total. The zero-order valence-corrected chi connectivity index (χ0v) is 10.9. The highest BCUT2D eigenvalue weighted by Gasteiger charge is 2.18. The predicted octanol–water partition coefficient (Wildman–Crippen LogP) is 2.38. The van der Waals surface area contributed by atoms with Crippen LogP contribution in [-0.4, -0.2) is 31.6 Å². The molecule has 0 bridgehead atoms. The van der Waals surface area contributed by atoms with Gasteiger partial charge in [-0.2, -0.15) is 0 Å². The lowest BCUT2D eigenvalue weighted by atomic mass is 10.1. The van der Waals surface area contributed by atoms with Gasteiger partial charge in [-0.3, -0.25) is 4.79 Å². The van der Waals surface area contributed by atoms with Gasteiger partial charge >= 0.3 is 5.97 Å². The van der Waals surface area contributed by atoms with Gasteiger partial charge in [0, 0.05) is 18.0 Å². The predicted molar refractivity (Wildman–Crippen MR) is 66.5 cm³/mol. The normalized spacial score (nSPS) is 12.8. The van der Waals surface area contributed by atoms with Crippen LogP contribution in [0.4, 0.5) is 0 Å². The fourth-order valence-corrected chi connectivity index (χ4v) is 2.43. The first kappa shape index (κ1) is 13.2. The van der Waals surface area contributed by atoms with Crippen molar-refractivity contribution >= 4 is 17.3 Å². The van der Waals surface area contributed by atoms with Gasteiger partial charge in [-0.1, -0.05) is 13.0 Å². The minimum absolute atomic E-state index is 0.0186. The van der Waals surface area contributed by atoms with Crippen molar-refractivity contribution in [3.8, 4) is 0 Å². The van der Waals surface area contributed by atoms with Crippen LogP contribution in [0.15, 0.2) is 17.5 Å². The third kappa shape index (κ3) is 3.94. The van der Waals surface area contributed by atoms with Gasteiger partial charge in [0.1, 0.15) is 0 Å². The Morgan fingerprint density at radius 2 is 2.38 bits per heavy atom. The van der Waals surface area contributed by atoms with Crippen LogP contribution >= 0.6 is 11.3 Å². The van der Waals surface area contributed by atoms with Crippen molar-refractivity contribution in [3.05, 3.63) is 22.4 Å². The largest absolute Gasteiger partial charge is 0.469 e. The highest BCUT2D eigenvalue weighted by atomic mass is 32.1. The molecule has 0 amide bonds. The summed E-state index contributed by atoms with van der Waals surface area (Å²) in [5, 5.41) is 2.07. The Bertz CT molecular complexity index is 311. The van der Waals surface area contributed by atoms with Gasteiger partial charge in [-0.15, -0.1) is 11.3 Å². The van der Waals surface area contributed by atoms with Crippen LogP contribution in [0.3, 0.4) is 0 Å². The Balaban J connectivity index is 2.43. The van der Waals surface area contributed by atoms with Gasteiger partial charge in [-0.05, 0) is 24.9 Å². The summed E-state index contributed by atoms with van der Waals surface area (Å²) in [4.78, 5) is 14.9. The first-order valence-electron chi connectivity index (χ1n) is 5.46. The maximum atomic E-state index is 11.4. The molecule has 1 rings (SSSR count). The van der Waals surface area contributed by atoms with Crippen LogP contribution in [0.2, 0.25) is 0 Å². The molecule has 0 N–H and O–H groups in total. The lowest BCUT2D eigenvalue weighted by Gasteiger charge is -2.20. The average molecular weight is 241 g/mol. The molecular formula is C12H19NO2S. The molecule has 4 heteroatoms. The smallest absolute Gasteiger partial charge is 0.309 e. The SMILES string of the molecule is CCC(CN(C)Cc1cccs1)C(=O)OC. The van der Waals surface area contributed by atoms with E-state index < -0.39 is 0 Å². The van der Waals surface area contributed by atoms with Gasteiger partial charge in [0.2, 0.25) is 0 Å². The molecule has 1 atom stereocenters. The Morgan fingerprint density at radius 1 is 1.62 bits per heavy atom. The molecule has 0 fully saturated rings. The fourth-order valence-electron chi connectivity index (χ4n) is 1.65. The highest BCUT2D eigenvalue weighted by Crippen LogP contribution is 2.13. The molecule has 0 aliphatic heterocycles. The molecule has 16 heavy (non-hydrogen) atoms. The van der Waals surface area contributed by atoms with E-state index in [9.17, 15) is 4.79 Å². The van der Waals surface area contributed by atoms with Crippen molar-refractivity contribution in [2.75, 3.05) is 20.7 Å². The van der Waals surface area contributed by atoms with Crippen LogP contribution in [0.1, 0.15) is 18.2 Å². The van der Waals surface area contributed by atoms with Gasteiger partial charge in [0.05, 0.1) is 13.0 Å². The first-order valence-corrected chi connectivity index (χ1v) is 6.34. The van der Waals surface area contributed by atoms with E-state index in [-0.39, 0.29) is 11.9 Å². The van der Waals surface area contributed by atoms with E-state index in [1.54, 1.807) is 11.3 Å². The Labute approximate surface area is 101 Å². The Morgan fingerprint density at radius 3 is 2.88 bits per heavy atom. The molecule has 0 saturated heterocycles. The summed E-state index contributed by atoms with van der Waals surface area (Å²) in [7, 11) is 3.48. The summed E-state index contributed by atoms with van der Waals surface area (Å²) in [5.41, 5.74) is 0. The molecule has 0 aliphatic carbocycles. The molecule has 0 saturated carbocycles. The quantitative estimate of drug-likeness (QED) is 0.716. The number of rotatable bonds is 6. The zero-order chi connectivity index (χ0) is 12.0. The van der Waals surface area contributed by atoms with Crippen molar-refractivity contribution in [1.82, 2.24) is 4.90 Å². The molecule has 1 unspecified atom stereocenters. The van der Waals surface area contributed by atoms with E-state index in [2.05, 4.69) is 16.3 Å². The summed E-state index contributed by atoms with van der Waals surface area (Å²) in [6, 6.07) is 4.16. The lowest BCUT2D eigenvalue weighted by Crippen LogP contribution is -2.30. The number of hydrogen-bond donors (Lipinski definition) is 0. The summed E-state index contributed by atoms with van der Waals surface area (Å²) >= 11 is 1.74. The second-order valence-electron chi connectivity index (χ2n) is 3.90. The second kappa shape index (κ2) is 6.66. The fraction of sp³-hybridized carbons (Fsp3) is 0.583. The zero-order valence-electron chi connectivity index (χ0n) is 10.1. The third-order valence-corrected chi connectivity index (χ3v) is 3.43. The van der Waals surface area contributed by atoms with Crippen LogP contribution < -0.4 is 0 Å². The molecule has 90 valence electrons. The Hall–Kier alpha value is -0.870. The van der Waals surface area contributed by atoms with Crippen LogP contribution in [0.5, 0.6) is 0 Å². The summed E-state index contributed by atoms with van der Waals surface area (Å²) in [6.45, 7) is 3.66. The van der Waals surface area contributed by atoms with Crippen molar-refractivity contribution < 1.29 is 9.53 Å². The molecule has 1 aromatic heterocycles. The van der Waals surface area contributed by atoms with Crippen molar-refractivity contribution in [2.45, 2.75) is 19.9 Å². The van der Waals surface area contributed by atoms with Gasteiger partial charge < -0.3 is 9.64 Å².